The predicted molar refractivity (Wildman–Crippen MR) is 66.6 cm³/mol. The molecule has 0 spiro atoms. The van der Waals surface area contributed by atoms with Crippen LogP contribution >= 0.6 is 11.8 Å². The number of aliphatic imine (C=N–C) groups is 1. The maximum absolute atomic E-state index is 4.40. The minimum absolute atomic E-state index is 0.850. The highest BCUT2D eigenvalue weighted by Crippen LogP contribution is 2.11. The van der Waals surface area contributed by atoms with Crippen molar-refractivity contribution >= 4 is 23.1 Å². The van der Waals surface area contributed by atoms with Crippen LogP contribution in [0.5, 0.6) is 0 Å². The van der Waals surface area contributed by atoms with Gasteiger partial charge in [0.1, 0.15) is 0 Å². The van der Waals surface area contributed by atoms with E-state index in [9.17, 15) is 0 Å². The van der Waals surface area contributed by atoms with Gasteiger partial charge < -0.3 is 0 Å². The Hall–Kier alpha value is -1.29. The fourth-order valence-corrected chi connectivity index (χ4v) is 1.94. The Bertz CT molecular complexity index is 373. The Balaban J connectivity index is 2.03. The highest BCUT2D eigenvalue weighted by atomic mass is 32.2. The summed E-state index contributed by atoms with van der Waals surface area (Å²) < 4.78 is 0. The molecular formula is C11H13N3S. The number of hydrogen-bond acceptors (Lipinski definition) is 4. The Morgan fingerprint density at radius 2 is 2.20 bits per heavy atom. The molecule has 4 heteroatoms. The van der Waals surface area contributed by atoms with Gasteiger partial charge in [-0.2, -0.15) is 5.10 Å². The first kappa shape index (κ1) is 10.2. The molecule has 0 aromatic heterocycles. The average molecular weight is 219 g/mol. The molecule has 0 fully saturated rings. The van der Waals surface area contributed by atoms with Crippen molar-refractivity contribution in [1.82, 2.24) is 5.01 Å². The van der Waals surface area contributed by atoms with Gasteiger partial charge in [0.2, 0.25) is 0 Å². The van der Waals surface area contributed by atoms with Crippen LogP contribution in [0.1, 0.15) is 5.56 Å². The number of thioether (sulfide) groups is 1. The number of hydrazone groups is 1. The SMILES string of the molecule is CSC1=NCCN1N=Cc1ccccc1. The summed E-state index contributed by atoms with van der Waals surface area (Å²) in [5.41, 5.74) is 1.12. The van der Waals surface area contributed by atoms with Gasteiger partial charge in [0, 0.05) is 0 Å². The molecular weight excluding hydrogens is 206 g/mol. The summed E-state index contributed by atoms with van der Waals surface area (Å²) in [6.07, 6.45) is 3.90. The van der Waals surface area contributed by atoms with Crippen molar-refractivity contribution in [3.05, 3.63) is 35.9 Å². The van der Waals surface area contributed by atoms with Crippen molar-refractivity contribution in [2.45, 2.75) is 0 Å². The van der Waals surface area contributed by atoms with Gasteiger partial charge in [0.05, 0.1) is 19.3 Å². The Kier molecular flexibility index (Phi) is 3.40. The third-order valence-electron chi connectivity index (χ3n) is 2.11. The third-order valence-corrected chi connectivity index (χ3v) is 2.81. The Morgan fingerprint density at radius 3 is 2.93 bits per heavy atom. The van der Waals surface area contributed by atoms with E-state index in [1.54, 1.807) is 11.8 Å². The first-order valence-electron chi connectivity index (χ1n) is 4.85. The van der Waals surface area contributed by atoms with E-state index >= 15 is 0 Å². The summed E-state index contributed by atoms with van der Waals surface area (Å²) in [7, 11) is 0. The molecule has 1 aromatic carbocycles. The van der Waals surface area contributed by atoms with Crippen molar-refractivity contribution in [3.8, 4) is 0 Å². The van der Waals surface area contributed by atoms with E-state index in [-0.39, 0.29) is 0 Å². The first-order valence-corrected chi connectivity index (χ1v) is 6.07. The predicted octanol–water partition coefficient (Wildman–Crippen LogP) is 2.06. The minimum atomic E-state index is 0.850. The Morgan fingerprint density at radius 1 is 1.40 bits per heavy atom. The van der Waals surface area contributed by atoms with Crippen molar-refractivity contribution in [2.24, 2.45) is 10.1 Å². The van der Waals surface area contributed by atoms with Crippen LogP contribution < -0.4 is 0 Å². The van der Waals surface area contributed by atoms with Crippen molar-refractivity contribution in [3.63, 3.8) is 0 Å². The molecule has 0 saturated heterocycles. The Labute approximate surface area is 93.9 Å². The van der Waals surface area contributed by atoms with Crippen LogP contribution in [0.4, 0.5) is 0 Å². The van der Waals surface area contributed by atoms with Crippen LogP contribution in [0.15, 0.2) is 40.4 Å². The molecule has 1 aliphatic rings. The van der Waals surface area contributed by atoms with Gasteiger partial charge in [-0.3, -0.25) is 4.99 Å². The van der Waals surface area contributed by atoms with E-state index in [0.29, 0.717) is 0 Å². The molecule has 0 atom stereocenters. The van der Waals surface area contributed by atoms with Crippen LogP contribution in [0, 0.1) is 0 Å². The van der Waals surface area contributed by atoms with E-state index in [4.69, 9.17) is 0 Å². The summed E-state index contributed by atoms with van der Waals surface area (Å²) in [4.78, 5) is 4.34. The number of benzene rings is 1. The lowest BCUT2D eigenvalue weighted by Crippen LogP contribution is -2.19. The number of hydrogen-bond donors (Lipinski definition) is 0. The third kappa shape index (κ3) is 2.59. The second-order valence-electron chi connectivity index (χ2n) is 3.15. The standard InChI is InChI=1S/C11H13N3S/c1-15-11-12-7-8-14(11)13-9-10-5-3-2-4-6-10/h2-6,9H,7-8H2,1H3. The van der Waals surface area contributed by atoms with Gasteiger partial charge in [-0.25, -0.2) is 5.01 Å². The van der Waals surface area contributed by atoms with Crippen molar-refractivity contribution in [1.29, 1.82) is 0 Å². The fraction of sp³-hybridized carbons (Fsp3) is 0.273. The van der Waals surface area contributed by atoms with Gasteiger partial charge in [-0.15, -0.1) is 0 Å². The van der Waals surface area contributed by atoms with Crippen LogP contribution in [-0.2, 0) is 0 Å². The van der Waals surface area contributed by atoms with Gasteiger partial charge in [-0.05, 0) is 11.8 Å². The van der Waals surface area contributed by atoms with E-state index in [1.165, 1.54) is 0 Å². The summed E-state index contributed by atoms with van der Waals surface area (Å²) in [5.74, 6) is 0. The van der Waals surface area contributed by atoms with E-state index in [0.717, 1.165) is 23.8 Å². The van der Waals surface area contributed by atoms with E-state index in [1.807, 2.05) is 47.8 Å². The monoisotopic (exact) mass is 219 g/mol. The minimum Gasteiger partial charge on any atom is -0.259 e. The maximum atomic E-state index is 4.40. The molecule has 1 heterocycles. The van der Waals surface area contributed by atoms with Gasteiger partial charge in [0.15, 0.2) is 5.17 Å². The molecule has 0 aliphatic carbocycles. The summed E-state index contributed by atoms with van der Waals surface area (Å²) in [6.45, 7) is 1.74. The molecule has 1 aromatic rings. The molecule has 2 rings (SSSR count). The van der Waals surface area contributed by atoms with Crippen LogP contribution in [0.25, 0.3) is 0 Å². The molecule has 15 heavy (non-hydrogen) atoms. The molecule has 0 radical (unpaired) electrons. The smallest absolute Gasteiger partial charge is 0.179 e. The molecule has 0 amide bonds. The lowest BCUT2D eigenvalue weighted by atomic mass is 10.2. The molecule has 1 aliphatic heterocycles. The van der Waals surface area contributed by atoms with Crippen LogP contribution in [0.3, 0.4) is 0 Å². The van der Waals surface area contributed by atoms with Crippen LogP contribution in [-0.4, -0.2) is 35.7 Å². The van der Waals surface area contributed by atoms with Gasteiger partial charge in [0.25, 0.3) is 0 Å². The molecule has 3 nitrogen and oxygen atoms in total. The number of nitrogens with zero attached hydrogens (tertiary/aromatic N) is 3. The maximum Gasteiger partial charge on any atom is 0.179 e. The average Bonchev–Trinajstić information content (AvgIpc) is 2.75. The zero-order chi connectivity index (χ0) is 10.5. The fourth-order valence-electron chi connectivity index (χ4n) is 1.37. The van der Waals surface area contributed by atoms with Gasteiger partial charge >= 0.3 is 0 Å². The highest BCUT2D eigenvalue weighted by molar-refractivity contribution is 8.13. The van der Waals surface area contributed by atoms with E-state index < -0.39 is 0 Å². The largest absolute Gasteiger partial charge is 0.259 e. The number of amidine groups is 1. The zero-order valence-electron chi connectivity index (χ0n) is 8.63. The quantitative estimate of drug-likeness (QED) is 0.712. The number of rotatable bonds is 2. The molecule has 0 bridgehead atoms. The summed E-state index contributed by atoms with van der Waals surface area (Å²) in [6, 6.07) is 10.1. The van der Waals surface area contributed by atoms with Crippen molar-refractivity contribution < 1.29 is 0 Å². The molecule has 78 valence electrons. The lowest BCUT2D eigenvalue weighted by Gasteiger charge is -2.10. The summed E-state index contributed by atoms with van der Waals surface area (Å²) in [5, 5.41) is 7.35. The van der Waals surface area contributed by atoms with Gasteiger partial charge in [-0.1, -0.05) is 42.1 Å². The molecule has 0 unspecified atom stereocenters. The normalized spacial score (nSPS) is 16.1. The summed E-state index contributed by atoms with van der Waals surface area (Å²) >= 11 is 1.64. The van der Waals surface area contributed by atoms with Crippen LogP contribution in [0.2, 0.25) is 0 Å². The first-order chi connectivity index (χ1) is 7.40. The highest BCUT2D eigenvalue weighted by Gasteiger charge is 2.13. The van der Waals surface area contributed by atoms with E-state index in [2.05, 4.69) is 10.1 Å². The lowest BCUT2D eigenvalue weighted by molar-refractivity contribution is 0.499. The zero-order valence-corrected chi connectivity index (χ0v) is 9.44. The molecule has 0 saturated carbocycles. The molecule has 0 N–H and O–H groups in total. The van der Waals surface area contributed by atoms with Crippen molar-refractivity contribution in [2.75, 3.05) is 19.3 Å². The second-order valence-corrected chi connectivity index (χ2v) is 3.92. The second kappa shape index (κ2) is 4.98. The topological polar surface area (TPSA) is 28.0 Å².